The molecule has 0 saturated carbocycles. The highest BCUT2D eigenvalue weighted by atomic mass is 127. The van der Waals surface area contributed by atoms with Crippen molar-refractivity contribution in [2.45, 2.75) is 13.0 Å². The van der Waals surface area contributed by atoms with Crippen molar-refractivity contribution >= 4 is 63.8 Å². The topological polar surface area (TPSA) is 89.0 Å². The summed E-state index contributed by atoms with van der Waals surface area (Å²) in [7, 11) is 1.52. The van der Waals surface area contributed by atoms with Crippen molar-refractivity contribution in [2.24, 2.45) is 5.10 Å². The highest BCUT2D eigenvalue weighted by Crippen LogP contribution is 2.34. The van der Waals surface area contributed by atoms with Crippen LogP contribution in [0.1, 0.15) is 27.9 Å². The molecule has 0 heterocycles. The Kier molecular flexibility index (Phi) is 10.3. The molecule has 0 spiro atoms. The van der Waals surface area contributed by atoms with E-state index in [4.69, 9.17) is 32.7 Å². The van der Waals surface area contributed by atoms with Crippen LogP contribution >= 0.6 is 45.8 Å². The minimum atomic E-state index is -0.626. The van der Waals surface area contributed by atoms with Gasteiger partial charge in [-0.1, -0.05) is 41.4 Å². The molecule has 0 aliphatic heterocycles. The molecule has 188 valence electrons. The van der Waals surface area contributed by atoms with Gasteiger partial charge in [0.1, 0.15) is 12.4 Å². The van der Waals surface area contributed by atoms with Crippen LogP contribution in [0.3, 0.4) is 0 Å². The third-order valence-electron chi connectivity index (χ3n) is 4.80. The van der Waals surface area contributed by atoms with E-state index in [0.717, 1.165) is 9.13 Å². The van der Waals surface area contributed by atoms with Crippen LogP contribution in [0.2, 0.25) is 10.0 Å². The number of ether oxygens (including phenoxy) is 2. The van der Waals surface area contributed by atoms with Gasteiger partial charge in [0.05, 0.1) is 22.5 Å². The predicted octanol–water partition coefficient (Wildman–Crippen LogP) is 5.59. The van der Waals surface area contributed by atoms with Gasteiger partial charge < -0.3 is 14.8 Å². The first kappa shape index (κ1) is 27.7. The van der Waals surface area contributed by atoms with Crippen molar-refractivity contribution < 1.29 is 23.5 Å². The van der Waals surface area contributed by atoms with Crippen LogP contribution in [0.4, 0.5) is 4.39 Å². The summed E-state index contributed by atoms with van der Waals surface area (Å²) in [6.45, 7) is 0.253. The zero-order valence-electron chi connectivity index (χ0n) is 19.0. The van der Waals surface area contributed by atoms with Gasteiger partial charge in [-0.05, 0) is 64.6 Å². The number of hydrogen-bond acceptors (Lipinski definition) is 5. The fourth-order valence-corrected chi connectivity index (χ4v) is 4.25. The molecule has 0 aliphatic rings. The Hall–Kier alpha value is -2.89. The summed E-state index contributed by atoms with van der Waals surface area (Å²) in [4.78, 5) is 24.0. The number of methoxy groups -OCH3 is 1. The molecule has 3 rings (SSSR count). The molecule has 0 radical (unpaired) electrons. The van der Waals surface area contributed by atoms with Gasteiger partial charge in [0.2, 0.25) is 5.91 Å². The van der Waals surface area contributed by atoms with Crippen LogP contribution in [-0.2, 0) is 11.4 Å². The van der Waals surface area contributed by atoms with Gasteiger partial charge in [-0.3, -0.25) is 9.59 Å². The molecule has 11 heteroatoms. The van der Waals surface area contributed by atoms with Crippen LogP contribution in [0, 0.1) is 9.39 Å². The van der Waals surface area contributed by atoms with E-state index < -0.39 is 17.6 Å². The van der Waals surface area contributed by atoms with E-state index in [1.165, 1.54) is 31.5 Å². The zero-order valence-corrected chi connectivity index (χ0v) is 22.7. The molecule has 0 saturated heterocycles. The fourth-order valence-electron chi connectivity index (χ4n) is 3.01. The molecule has 36 heavy (non-hydrogen) atoms. The quantitative estimate of drug-likeness (QED) is 0.171. The minimum absolute atomic E-state index is 0.0293. The normalized spacial score (nSPS) is 10.8. The average Bonchev–Trinajstić information content (AvgIpc) is 2.84. The molecule has 0 fully saturated rings. The summed E-state index contributed by atoms with van der Waals surface area (Å²) in [5.74, 6) is -0.612. The summed E-state index contributed by atoms with van der Waals surface area (Å²) in [5, 5.41) is 7.49. The van der Waals surface area contributed by atoms with Crippen LogP contribution in [0.25, 0.3) is 0 Å². The lowest BCUT2D eigenvalue weighted by Gasteiger charge is -2.14. The maximum atomic E-state index is 13.6. The second kappa shape index (κ2) is 13.4. The third kappa shape index (κ3) is 7.81. The first-order chi connectivity index (χ1) is 17.3. The summed E-state index contributed by atoms with van der Waals surface area (Å²) in [5.41, 5.74) is 3.75. The Morgan fingerprint density at radius 3 is 2.64 bits per heavy atom. The van der Waals surface area contributed by atoms with E-state index in [1.54, 1.807) is 30.3 Å². The van der Waals surface area contributed by atoms with E-state index in [0.29, 0.717) is 27.1 Å². The Labute approximate surface area is 231 Å². The number of rotatable bonds is 10. The van der Waals surface area contributed by atoms with Gasteiger partial charge in [-0.2, -0.15) is 5.10 Å². The summed E-state index contributed by atoms with van der Waals surface area (Å²) >= 11 is 14.3. The van der Waals surface area contributed by atoms with Gasteiger partial charge in [0.15, 0.2) is 11.5 Å². The van der Waals surface area contributed by atoms with Crippen LogP contribution in [-0.4, -0.2) is 31.7 Å². The largest absolute Gasteiger partial charge is 0.493 e. The van der Waals surface area contributed by atoms with Crippen molar-refractivity contribution in [3.63, 3.8) is 0 Å². The Bertz CT molecular complexity index is 1290. The molecule has 0 atom stereocenters. The highest BCUT2D eigenvalue weighted by molar-refractivity contribution is 14.1. The summed E-state index contributed by atoms with van der Waals surface area (Å²) in [6.07, 6.45) is 1.43. The lowest BCUT2D eigenvalue weighted by Crippen LogP contribution is -2.29. The Morgan fingerprint density at radius 2 is 1.92 bits per heavy atom. The van der Waals surface area contributed by atoms with Crippen LogP contribution in [0.5, 0.6) is 11.5 Å². The van der Waals surface area contributed by atoms with E-state index in [9.17, 15) is 14.0 Å². The van der Waals surface area contributed by atoms with E-state index in [1.807, 2.05) is 6.07 Å². The number of halogens is 4. The molecule has 7 nitrogen and oxygen atoms in total. The number of nitrogens with one attached hydrogen (secondary N) is 2. The number of amides is 2. The highest BCUT2D eigenvalue weighted by Gasteiger charge is 2.13. The maximum Gasteiger partial charge on any atom is 0.254 e. The molecule has 0 bridgehead atoms. The van der Waals surface area contributed by atoms with Crippen molar-refractivity contribution in [1.82, 2.24) is 10.7 Å². The smallest absolute Gasteiger partial charge is 0.254 e. The van der Waals surface area contributed by atoms with Crippen LogP contribution < -0.4 is 20.2 Å². The molecule has 0 aromatic heterocycles. The van der Waals surface area contributed by atoms with E-state index in [2.05, 4.69) is 38.4 Å². The lowest BCUT2D eigenvalue weighted by molar-refractivity contribution is -0.120. The number of carbonyl (C=O) groups is 2. The van der Waals surface area contributed by atoms with Crippen molar-refractivity contribution in [2.75, 3.05) is 13.7 Å². The molecular weight excluding hydrogens is 623 g/mol. The first-order valence-electron chi connectivity index (χ1n) is 10.6. The fraction of sp³-hybridized carbons (Fsp3) is 0.160. The summed E-state index contributed by atoms with van der Waals surface area (Å²) < 4.78 is 25.8. The molecular formula is C25H21Cl2FIN3O4. The Balaban J connectivity index is 1.53. The molecule has 2 amide bonds. The number of hydrazone groups is 1. The molecule has 2 N–H and O–H groups in total. The molecule has 3 aromatic carbocycles. The van der Waals surface area contributed by atoms with Gasteiger partial charge in [-0.25, -0.2) is 9.82 Å². The second-order valence-corrected chi connectivity index (χ2v) is 9.34. The van der Waals surface area contributed by atoms with Gasteiger partial charge in [-0.15, -0.1) is 0 Å². The molecule has 0 unspecified atom stereocenters. The predicted molar refractivity (Wildman–Crippen MR) is 146 cm³/mol. The van der Waals surface area contributed by atoms with Gasteiger partial charge in [0, 0.05) is 28.6 Å². The third-order valence-corrected chi connectivity index (χ3v) is 6.19. The molecule has 3 aromatic rings. The number of hydrogen-bond donors (Lipinski definition) is 2. The lowest BCUT2D eigenvalue weighted by atomic mass is 10.2. The average molecular weight is 644 g/mol. The van der Waals surface area contributed by atoms with Crippen molar-refractivity contribution in [1.29, 1.82) is 0 Å². The SMILES string of the molecule is COc1cc(C=NNC(=O)CCNC(=O)c2ccccc2F)cc(I)c1OCc1ccc(Cl)cc1Cl. The molecule has 0 aliphatic carbocycles. The van der Waals surface area contributed by atoms with E-state index in [-0.39, 0.29) is 25.1 Å². The first-order valence-corrected chi connectivity index (χ1v) is 12.4. The summed E-state index contributed by atoms with van der Waals surface area (Å²) in [6, 6.07) is 14.3. The number of nitrogens with zero attached hydrogens (tertiary/aromatic N) is 1. The van der Waals surface area contributed by atoms with Crippen LogP contribution in [0.15, 0.2) is 59.7 Å². The zero-order chi connectivity index (χ0) is 26.1. The van der Waals surface area contributed by atoms with Gasteiger partial charge >= 0.3 is 0 Å². The monoisotopic (exact) mass is 643 g/mol. The Morgan fingerprint density at radius 1 is 1.14 bits per heavy atom. The van der Waals surface area contributed by atoms with Crippen molar-refractivity contribution in [3.8, 4) is 11.5 Å². The minimum Gasteiger partial charge on any atom is -0.493 e. The number of benzene rings is 3. The maximum absolute atomic E-state index is 13.6. The van der Waals surface area contributed by atoms with Gasteiger partial charge in [0.25, 0.3) is 5.91 Å². The standard InChI is InChI=1S/C25H21Cl2FIN3O4/c1-35-22-11-15(10-21(29)24(22)36-14-16-6-7-17(26)12-19(16)27)13-31-32-23(33)8-9-30-25(34)18-4-2-3-5-20(18)28/h2-7,10-13H,8-9,14H2,1H3,(H,30,34)(H,32,33). The van der Waals surface area contributed by atoms with E-state index >= 15 is 0 Å². The number of carbonyl (C=O) groups excluding carboxylic acids is 2. The van der Waals surface area contributed by atoms with Crippen molar-refractivity contribution in [3.05, 3.63) is 90.7 Å². The second-order valence-electron chi connectivity index (χ2n) is 7.34.